The quantitative estimate of drug-likeness (QED) is 0.445. The molecule has 2 N–H and O–H groups in total. The molecule has 0 amide bonds. The Morgan fingerprint density at radius 3 is 2.11 bits per heavy atom. The standard InChI is InChI=1S/C5H12O2S2/c6-1-2-8-3-4-9-5-7/h6-7H,1-5H2. The minimum atomic E-state index is 0.208. The molecule has 0 radical (unpaired) electrons. The highest BCUT2D eigenvalue weighted by Crippen LogP contribution is 2.04. The summed E-state index contributed by atoms with van der Waals surface area (Å²) in [6, 6.07) is 0. The Hall–Kier alpha value is 0.620. The summed E-state index contributed by atoms with van der Waals surface area (Å²) in [7, 11) is 0. The lowest BCUT2D eigenvalue weighted by Gasteiger charge is -1.95. The number of thioether (sulfide) groups is 2. The Kier molecular flexibility index (Phi) is 9.21. The van der Waals surface area contributed by atoms with Gasteiger partial charge in [-0.2, -0.15) is 11.8 Å². The third-order valence-electron chi connectivity index (χ3n) is 0.699. The molecule has 0 unspecified atom stereocenters. The van der Waals surface area contributed by atoms with Crippen molar-refractivity contribution in [3.63, 3.8) is 0 Å². The van der Waals surface area contributed by atoms with E-state index in [4.69, 9.17) is 10.2 Å². The number of aliphatic hydroxyl groups excluding tert-OH is 2. The van der Waals surface area contributed by atoms with E-state index in [0.717, 1.165) is 17.3 Å². The highest BCUT2D eigenvalue weighted by Gasteiger charge is 1.86. The predicted octanol–water partition coefficient (Wildman–Crippen LogP) is 0.395. The zero-order chi connectivity index (χ0) is 6.95. The normalized spacial score (nSPS) is 10.0. The molecule has 4 heteroatoms. The van der Waals surface area contributed by atoms with Crippen LogP contribution in [0.4, 0.5) is 0 Å². The van der Waals surface area contributed by atoms with Crippen molar-refractivity contribution in [3.05, 3.63) is 0 Å². The fraction of sp³-hybridized carbons (Fsp3) is 1.00. The van der Waals surface area contributed by atoms with Gasteiger partial charge in [0.1, 0.15) is 0 Å². The summed E-state index contributed by atoms with van der Waals surface area (Å²) in [4.78, 5) is 0. The molecule has 0 aliphatic rings. The molecule has 0 heterocycles. The van der Waals surface area contributed by atoms with Gasteiger partial charge in [-0.25, -0.2) is 0 Å². The lowest BCUT2D eigenvalue weighted by Crippen LogP contribution is -1.91. The summed E-state index contributed by atoms with van der Waals surface area (Å²) in [5, 5.41) is 16.7. The van der Waals surface area contributed by atoms with Gasteiger partial charge in [0.15, 0.2) is 0 Å². The number of hydrogen-bond donors (Lipinski definition) is 2. The first-order valence-electron chi connectivity index (χ1n) is 2.79. The molecule has 0 saturated heterocycles. The van der Waals surface area contributed by atoms with Gasteiger partial charge in [-0.05, 0) is 0 Å². The third kappa shape index (κ3) is 8.62. The smallest absolute Gasteiger partial charge is 0.0886 e. The maximum atomic E-state index is 8.35. The van der Waals surface area contributed by atoms with Crippen molar-refractivity contribution < 1.29 is 10.2 Å². The van der Waals surface area contributed by atoms with Gasteiger partial charge >= 0.3 is 0 Å². The average Bonchev–Trinajstić information content (AvgIpc) is 1.89. The first kappa shape index (κ1) is 9.62. The summed E-state index contributed by atoms with van der Waals surface area (Å²) >= 11 is 3.22. The van der Waals surface area contributed by atoms with E-state index in [1.165, 1.54) is 11.8 Å². The molecule has 9 heavy (non-hydrogen) atoms. The minimum absolute atomic E-state index is 0.208. The SMILES string of the molecule is OCCSCCSCO. The molecule has 0 aromatic rings. The minimum Gasteiger partial charge on any atom is -0.396 e. The van der Waals surface area contributed by atoms with Crippen molar-refractivity contribution in [2.45, 2.75) is 0 Å². The van der Waals surface area contributed by atoms with Crippen LogP contribution >= 0.6 is 23.5 Å². The Morgan fingerprint density at radius 1 is 0.889 bits per heavy atom. The van der Waals surface area contributed by atoms with Crippen LogP contribution in [0.1, 0.15) is 0 Å². The van der Waals surface area contributed by atoms with Crippen molar-refractivity contribution in [3.8, 4) is 0 Å². The van der Waals surface area contributed by atoms with E-state index in [0.29, 0.717) is 0 Å². The van der Waals surface area contributed by atoms with Crippen molar-refractivity contribution in [2.75, 3.05) is 29.8 Å². The van der Waals surface area contributed by atoms with E-state index in [1.807, 2.05) is 0 Å². The molecular weight excluding hydrogens is 156 g/mol. The summed E-state index contributed by atoms with van der Waals surface area (Å²) in [5.41, 5.74) is 0. The van der Waals surface area contributed by atoms with Gasteiger partial charge in [-0.1, -0.05) is 0 Å². The Balaban J connectivity index is 2.60. The maximum absolute atomic E-state index is 8.35. The third-order valence-corrected chi connectivity index (χ3v) is 2.60. The summed E-state index contributed by atoms with van der Waals surface area (Å²) in [5.74, 6) is 3.01. The van der Waals surface area contributed by atoms with Crippen LogP contribution in [0.15, 0.2) is 0 Å². The molecule has 0 spiro atoms. The zero-order valence-electron chi connectivity index (χ0n) is 5.25. The van der Waals surface area contributed by atoms with Crippen LogP contribution in [0.3, 0.4) is 0 Å². The molecule has 0 aromatic heterocycles. The number of aliphatic hydroxyl groups is 2. The molecule has 0 aromatic carbocycles. The monoisotopic (exact) mass is 168 g/mol. The molecule has 0 saturated carbocycles. The predicted molar refractivity (Wildman–Crippen MR) is 44.0 cm³/mol. The highest BCUT2D eigenvalue weighted by molar-refractivity contribution is 8.02. The van der Waals surface area contributed by atoms with E-state index in [1.54, 1.807) is 11.8 Å². The van der Waals surface area contributed by atoms with Gasteiger partial charge in [-0.15, -0.1) is 11.8 Å². The summed E-state index contributed by atoms with van der Waals surface area (Å²) in [6.07, 6.45) is 0. The van der Waals surface area contributed by atoms with E-state index in [-0.39, 0.29) is 12.5 Å². The highest BCUT2D eigenvalue weighted by atomic mass is 32.2. The second-order valence-corrected chi connectivity index (χ2v) is 3.67. The zero-order valence-corrected chi connectivity index (χ0v) is 6.88. The van der Waals surface area contributed by atoms with Gasteiger partial charge < -0.3 is 10.2 Å². The van der Waals surface area contributed by atoms with E-state index >= 15 is 0 Å². The molecule has 0 aliphatic heterocycles. The van der Waals surface area contributed by atoms with Crippen molar-refractivity contribution in [2.24, 2.45) is 0 Å². The first-order valence-corrected chi connectivity index (χ1v) is 5.10. The van der Waals surface area contributed by atoms with Gasteiger partial charge in [0.25, 0.3) is 0 Å². The molecule has 0 atom stereocenters. The topological polar surface area (TPSA) is 40.5 Å². The van der Waals surface area contributed by atoms with Gasteiger partial charge in [0, 0.05) is 17.3 Å². The van der Waals surface area contributed by atoms with Crippen LogP contribution in [0.25, 0.3) is 0 Å². The van der Waals surface area contributed by atoms with Crippen LogP contribution in [0, 0.1) is 0 Å². The molecule has 0 fully saturated rings. The van der Waals surface area contributed by atoms with E-state index in [2.05, 4.69) is 0 Å². The molecule has 0 rings (SSSR count). The molecule has 2 nitrogen and oxygen atoms in total. The maximum Gasteiger partial charge on any atom is 0.0886 e. The van der Waals surface area contributed by atoms with Crippen molar-refractivity contribution >= 4 is 23.5 Å². The van der Waals surface area contributed by atoms with Crippen LogP contribution in [-0.2, 0) is 0 Å². The van der Waals surface area contributed by atoms with Crippen molar-refractivity contribution in [1.82, 2.24) is 0 Å². The fourth-order valence-electron chi connectivity index (χ4n) is 0.349. The second-order valence-electron chi connectivity index (χ2n) is 1.37. The van der Waals surface area contributed by atoms with Crippen LogP contribution in [0.5, 0.6) is 0 Å². The van der Waals surface area contributed by atoms with Crippen LogP contribution in [-0.4, -0.2) is 40.0 Å². The van der Waals surface area contributed by atoms with E-state index in [9.17, 15) is 0 Å². The number of rotatable bonds is 6. The first-order chi connectivity index (χ1) is 4.41. The van der Waals surface area contributed by atoms with Gasteiger partial charge in [-0.3, -0.25) is 0 Å². The Labute approximate surface area is 64.0 Å². The van der Waals surface area contributed by atoms with E-state index < -0.39 is 0 Å². The Morgan fingerprint density at radius 2 is 1.56 bits per heavy atom. The molecule has 0 aliphatic carbocycles. The van der Waals surface area contributed by atoms with Crippen LogP contribution in [0.2, 0.25) is 0 Å². The number of hydrogen-bond acceptors (Lipinski definition) is 4. The molecule has 56 valence electrons. The van der Waals surface area contributed by atoms with Gasteiger partial charge in [0.2, 0.25) is 0 Å². The second kappa shape index (κ2) is 8.62. The Bertz CT molecular complexity index is 46.2. The van der Waals surface area contributed by atoms with Gasteiger partial charge in [0.05, 0.1) is 12.5 Å². The molecular formula is C5H12O2S2. The fourth-order valence-corrected chi connectivity index (χ4v) is 1.75. The van der Waals surface area contributed by atoms with Crippen LogP contribution < -0.4 is 0 Å². The largest absolute Gasteiger partial charge is 0.396 e. The lowest BCUT2D eigenvalue weighted by molar-refractivity contribution is 0.322. The van der Waals surface area contributed by atoms with Crippen molar-refractivity contribution in [1.29, 1.82) is 0 Å². The lowest BCUT2D eigenvalue weighted by atomic mass is 10.9. The molecule has 0 bridgehead atoms. The summed E-state index contributed by atoms with van der Waals surface area (Å²) in [6.45, 7) is 0.258. The average molecular weight is 168 g/mol. The summed E-state index contributed by atoms with van der Waals surface area (Å²) < 4.78 is 0.